The first-order chi connectivity index (χ1) is 9.75. The van der Waals surface area contributed by atoms with Crippen LogP contribution in [-0.4, -0.2) is 30.1 Å². The third-order valence-corrected chi connectivity index (χ3v) is 6.24. The quantitative estimate of drug-likeness (QED) is 0.830. The van der Waals surface area contributed by atoms with Crippen LogP contribution in [0.15, 0.2) is 16.6 Å². The molecule has 21 heavy (non-hydrogen) atoms. The van der Waals surface area contributed by atoms with Crippen LogP contribution in [0.3, 0.4) is 0 Å². The van der Waals surface area contributed by atoms with Gasteiger partial charge in [-0.15, -0.1) is 0 Å². The molecule has 2 aliphatic rings. The molecule has 1 aliphatic carbocycles. The molecule has 0 bridgehead atoms. The van der Waals surface area contributed by atoms with Crippen molar-refractivity contribution in [2.75, 3.05) is 20.1 Å². The van der Waals surface area contributed by atoms with Crippen molar-refractivity contribution < 1.29 is 9.50 Å². The van der Waals surface area contributed by atoms with Crippen LogP contribution >= 0.6 is 15.9 Å². The molecule has 3 rings (SSSR count). The Labute approximate surface area is 134 Å². The first kappa shape index (κ1) is 15.4. The van der Waals surface area contributed by atoms with Crippen LogP contribution in [0.2, 0.25) is 0 Å². The lowest BCUT2D eigenvalue weighted by Gasteiger charge is -2.46. The van der Waals surface area contributed by atoms with Crippen LogP contribution < -0.4 is 0 Å². The standard InChI is InChI=1S/C17H23BrFNO/c1-16(2)10-13-14(8-12(19)9-15(13)18)17(16,21)11-4-6-20(3)7-5-11/h8-9,11,21H,4-7,10H2,1-3H3. The fourth-order valence-electron chi connectivity index (χ4n) is 4.26. The van der Waals surface area contributed by atoms with E-state index in [0.717, 1.165) is 48.0 Å². The minimum atomic E-state index is -0.936. The molecule has 0 spiro atoms. The molecule has 0 aromatic heterocycles. The topological polar surface area (TPSA) is 23.5 Å². The van der Waals surface area contributed by atoms with Crippen molar-refractivity contribution in [3.05, 3.63) is 33.5 Å². The van der Waals surface area contributed by atoms with Crippen molar-refractivity contribution in [2.45, 2.75) is 38.7 Å². The monoisotopic (exact) mass is 355 g/mol. The van der Waals surface area contributed by atoms with Gasteiger partial charge < -0.3 is 10.0 Å². The second-order valence-corrected chi connectivity index (χ2v) is 8.17. The normalized spacial score (nSPS) is 29.6. The van der Waals surface area contributed by atoms with E-state index >= 15 is 0 Å². The van der Waals surface area contributed by atoms with Gasteiger partial charge in [0.15, 0.2) is 0 Å². The Balaban J connectivity index is 2.09. The SMILES string of the molecule is CN1CCC(C2(O)c3cc(F)cc(Br)c3CC2(C)C)CC1. The third-order valence-electron chi connectivity index (χ3n) is 5.53. The minimum Gasteiger partial charge on any atom is -0.384 e. The molecule has 0 saturated carbocycles. The molecule has 1 N–H and O–H groups in total. The molecule has 1 aliphatic heterocycles. The molecule has 1 aromatic carbocycles. The average molecular weight is 356 g/mol. The van der Waals surface area contributed by atoms with Gasteiger partial charge in [-0.2, -0.15) is 0 Å². The summed E-state index contributed by atoms with van der Waals surface area (Å²) in [5.74, 6) is -0.0803. The van der Waals surface area contributed by atoms with Gasteiger partial charge in [0.25, 0.3) is 0 Å². The zero-order valence-corrected chi connectivity index (χ0v) is 14.5. The van der Waals surface area contributed by atoms with Gasteiger partial charge in [0.2, 0.25) is 0 Å². The first-order valence-corrected chi connectivity index (χ1v) is 8.44. The summed E-state index contributed by atoms with van der Waals surface area (Å²) in [4.78, 5) is 2.30. The molecule has 0 radical (unpaired) electrons. The number of rotatable bonds is 1. The summed E-state index contributed by atoms with van der Waals surface area (Å²) in [5.41, 5.74) is 0.664. The molecule has 2 nitrogen and oxygen atoms in total. The van der Waals surface area contributed by atoms with Crippen LogP contribution in [0.1, 0.15) is 37.8 Å². The summed E-state index contributed by atoms with van der Waals surface area (Å²) < 4.78 is 14.7. The van der Waals surface area contributed by atoms with Gasteiger partial charge in [-0.25, -0.2) is 4.39 Å². The van der Waals surface area contributed by atoms with Crippen molar-refractivity contribution >= 4 is 15.9 Å². The smallest absolute Gasteiger partial charge is 0.124 e. The number of likely N-dealkylation sites (tertiary alicyclic amines) is 1. The van der Waals surface area contributed by atoms with E-state index in [-0.39, 0.29) is 17.2 Å². The van der Waals surface area contributed by atoms with Gasteiger partial charge >= 0.3 is 0 Å². The third kappa shape index (κ3) is 2.27. The van der Waals surface area contributed by atoms with E-state index in [1.807, 2.05) is 0 Å². The molecule has 1 unspecified atom stereocenters. The second-order valence-electron chi connectivity index (χ2n) is 7.32. The fraction of sp³-hybridized carbons (Fsp3) is 0.647. The highest BCUT2D eigenvalue weighted by Gasteiger charge is 2.56. The summed E-state index contributed by atoms with van der Waals surface area (Å²) in [6.07, 6.45) is 2.71. The number of hydrogen-bond acceptors (Lipinski definition) is 2. The maximum absolute atomic E-state index is 13.9. The minimum absolute atomic E-state index is 0.193. The number of nitrogens with zero attached hydrogens (tertiary/aromatic N) is 1. The molecular formula is C17H23BrFNO. The molecule has 1 saturated heterocycles. The van der Waals surface area contributed by atoms with E-state index in [1.165, 1.54) is 6.07 Å². The summed E-state index contributed by atoms with van der Waals surface area (Å²) in [5, 5.41) is 11.6. The predicted octanol–water partition coefficient (Wildman–Crippen LogP) is 3.70. The van der Waals surface area contributed by atoms with Crippen LogP contribution in [0.5, 0.6) is 0 Å². The van der Waals surface area contributed by atoms with E-state index in [2.05, 4.69) is 41.7 Å². The molecule has 1 heterocycles. The van der Waals surface area contributed by atoms with Crippen molar-refractivity contribution in [1.29, 1.82) is 0 Å². The fourth-order valence-corrected chi connectivity index (χ4v) is 4.84. The molecule has 116 valence electrons. The Morgan fingerprint density at radius 3 is 2.52 bits per heavy atom. The average Bonchev–Trinajstić information content (AvgIpc) is 2.61. The summed E-state index contributed by atoms with van der Waals surface area (Å²) in [7, 11) is 2.12. The van der Waals surface area contributed by atoms with Crippen LogP contribution in [-0.2, 0) is 12.0 Å². The number of benzene rings is 1. The van der Waals surface area contributed by atoms with Gasteiger partial charge in [-0.3, -0.25) is 0 Å². The number of piperidine rings is 1. The summed E-state index contributed by atoms with van der Waals surface area (Å²) in [6, 6.07) is 3.06. The number of halogens is 2. The van der Waals surface area contributed by atoms with Gasteiger partial charge in [-0.05, 0) is 68.6 Å². The number of fused-ring (bicyclic) bond motifs is 1. The van der Waals surface area contributed by atoms with Crippen LogP contribution in [0.4, 0.5) is 4.39 Å². The highest BCUT2D eigenvalue weighted by atomic mass is 79.9. The van der Waals surface area contributed by atoms with Gasteiger partial charge in [0.05, 0.1) is 5.60 Å². The Morgan fingerprint density at radius 1 is 1.29 bits per heavy atom. The molecule has 1 aromatic rings. The van der Waals surface area contributed by atoms with E-state index in [4.69, 9.17) is 0 Å². The highest BCUT2D eigenvalue weighted by molar-refractivity contribution is 9.10. The largest absolute Gasteiger partial charge is 0.384 e. The van der Waals surface area contributed by atoms with Crippen molar-refractivity contribution in [3.63, 3.8) is 0 Å². The molecule has 1 atom stereocenters. The number of aliphatic hydroxyl groups is 1. The first-order valence-electron chi connectivity index (χ1n) is 7.65. The van der Waals surface area contributed by atoms with E-state index in [1.54, 1.807) is 6.07 Å². The Bertz CT molecular complexity index is 566. The lowest BCUT2D eigenvalue weighted by atomic mass is 9.65. The number of hydrogen-bond donors (Lipinski definition) is 1. The Kier molecular flexibility index (Phi) is 3.70. The second kappa shape index (κ2) is 5.04. The Hall–Kier alpha value is -0.450. The van der Waals surface area contributed by atoms with Crippen molar-refractivity contribution in [1.82, 2.24) is 4.90 Å². The van der Waals surface area contributed by atoms with Crippen LogP contribution in [0, 0.1) is 17.2 Å². The predicted molar refractivity (Wildman–Crippen MR) is 85.7 cm³/mol. The zero-order chi connectivity index (χ0) is 15.4. The maximum Gasteiger partial charge on any atom is 0.124 e. The molecule has 4 heteroatoms. The Morgan fingerprint density at radius 2 is 1.90 bits per heavy atom. The lowest BCUT2D eigenvalue weighted by Crippen LogP contribution is -2.49. The highest BCUT2D eigenvalue weighted by Crippen LogP contribution is 2.57. The summed E-state index contributed by atoms with van der Waals surface area (Å²) >= 11 is 3.48. The van der Waals surface area contributed by atoms with Gasteiger partial charge in [-0.1, -0.05) is 29.8 Å². The zero-order valence-electron chi connectivity index (χ0n) is 12.9. The van der Waals surface area contributed by atoms with E-state index < -0.39 is 5.60 Å². The molecular weight excluding hydrogens is 333 g/mol. The molecule has 0 amide bonds. The van der Waals surface area contributed by atoms with Gasteiger partial charge in [0, 0.05) is 9.89 Å². The molecule has 1 fully saturated rings. The van der Waals surface area contributed by atoms with Crippen molar-refractivity contribution in [2.24, 2.45) is 11.3 Å². The van der Waals surface area contributed by atoms with E-state index in [0.29, 0.717) is 0 Å². The maximum atomic E-state index is 13.9. The van der Waals surface area contributed by atoms with Gasteiger partial charge in [0.1, 0.15) is 5.82 Å². The van der Waals surface area contributed by atoms with E-state index in [9.17, 15) is 9.50 Å². The van der Waals surface area contributed by atoms with Crippen LogP contribution in [0.25, 0.3) is 0 Å². The van der Waals surface area contributed by atoms with Crippen molar-refractivity contribution in [3.8, 4) is 0 Å². The lowest BCUT2D eigenvalue weighted by molar-refractivity contribution is -0.121. The summed E-state index contributed by atoms with van der Waals surface area (Å²) in [6.45, 7) is 6.20.